The van der Waals surface area contributed by atoms with Crippen molar-refractivity contribution in [1.82, 2.24) is 30.1 Å². The molecule has 0 saturated carbocycles. The van der Waals surface area contributed by atoms with Crippen molar-refractivity contribution in [3.05, 3.63) is 23.3 Å². The number of hydrogen-bond donors (Lipinski definition) is 1. The lowest BCUT2D eigenvalue weighted by molar-refractivity contribution is 0.520. The van der Waals surface area contributed by atoms with Crippen molar-refractivity contribution < 1.29 is 0 Å². The molecular weight excluding hydrogens is 252 g/mol. The number of rotatable bonds is 6. The van der Waals surface area contributed by atoms with Gasteiger partial charge in [0, 0.05) is 7.05 Å². The fraction of sp³-hybridized carbons (Fsp3) is 0.643. The first-order chi connectivity index (χ1) is 9.62. The maximum Gasteiger partial charge on any atom is 0.107 e. The highest BCUT2D eigenvalue weighted by atomic mass is 15.5. The minimum Gasteiger partial charge on any atom is -0.309 e. The Morgan fingerprint density at radius 2 is 2.05 bits per heavy atom. The van der Waals surface area contributed by atoms with E-state index in [1.165, 1.54) is 0 Å². The molecule has 0 fully saturated rings. The van der Waals surface area contributed by atoms with E-state index in [0.717, 1.165) is 42.2 Å². The minimum absolute atomic E-state index is 0.265. The Morgan fingerprint density at radius 3 is 2.55 bits per heavy atom. The van der Waals surface area contributed by atoms with Crippen LogP contribution in [0.2, 0.25) is 0 Å². The largest absolute Gasteiger partial charge is 0.309 e. The number of hydrogen-bond acceptors (Lipinski definition) is 4. The van der Waals surface area contributed by atoms with Gasteiger partial charge in [0.2, 0.25) is 0 Å². The van der Waals surface area contributed by atoms with Gasteiger partial charge in [0.1, 0.15) is 11.4 Å². The Morgan fingerprint density at radius 1 is 1.30 bits per heavy atom. The summed E-state index contributed by atoms with van der Waals surface area (Å²) < 4.78 is 3.74. The van der Waals surface area contributed by atoms with Gasteiger partial charge in [-0.3, -0.25) is 4.68 Å². The van der Waals surface area contributed by atoms with Gasteiger partial charge in [-0.25, -0.2) is 4.68 Å². The number of aromatic nitrogens is 5. The zero-order chi connectivity index (χ0) is 14.7. The highest BCUT2D eigenvalue weighted by molar-refractivity contribution is 5.36. The van der Waals surface area contributed by atoms with Gasteiger partial charge in [-0.15, -0.1) is 5.10 Å². The lowest BCUT2D eigenvalue weighted by atomic mass is 10.1. The lowest BCUT2D eigenvalue weighted by Crippen LogP contribution is -2.21. The third kappa shape index (κ3) is 2.60. The third-order valence-corrected chi connectivity index (χ3v) is 3.53. The van der Waals surface area contributed by atoms with Gasteiger partial charge in [0.05, 0.1) is 23.6 Å². The molecule has 0 bridgehead atoms. The van der Waals surface area contributed by atoms with Crippen LogP contribution in [0.15, 0.2) is 6.20 Å². The second-order valence-corrected chi connectivity index (χ2v) is 4.98. The molecule has 0 saturated heterocycles. The van der Waals surface area contributed by atoms with E-state index in [2.05, 4.69) is 41.5 Å². The smallest absolute Gasteiger partial charge is 0.107 e. The highest BCUT2D eigenvalue weighted by Gasteiger charge is 2.21. The quantitative estimate of drug-likeness (QED) is 0.876. The molecule has 0 spiro atoms. The molecule has 6 nitrogen and oxygen atoms in total. The van der Waals surface area contributed by atoms with Crippen LogP contribution in [0.25, 0.3) is 5.69 Å². The molecule has 1 atom stereocenters. The second-order valence-electron chi connectivity index (χ2n) is 4.98. The van der Waals surface area contributed by atoms with Gasteiger partial charge >= 0.3 is 0 Å². The predicted molar refractivity (Wildman–Crippen MR) is 78.9 cm³/mol. The molecule has 110 valence electrons. The molecule has 20 heavy (non-hydrogen) atoms. The minimum atomic E-state index is 0.265. The normalized spacial score (nSPS) is 12.8. The highest BCUT2D eigenvalue weighted by Crippen LogP contribution is 2.22. The van der Waals surface area contributed by atoms with Crippen LogP contribution >= 0.6 is 0 Å². The summed E-state index contributed by atoms with van der Waals surface area (Å²) in [5.41, 5.74) is 4.19. The van der Waals surface area contributed by atoms with Crippen LogP contribution in [0, 0.1) is 6.92 Å². The van der Waals surface area contributed by atoms with Crippen LogP contribution in [-0.2, 0) is 13.5 Å². The van der Waals surface area contributed by atoms with Crippen LogP contribution in [0.3, 0.4) is 0 Å². The standard InChI is InChI=1S/C14H24N6/c1-6-11(15-8-3)14-12(7-2)20(18-16-14)13-9-19(5)17-10(13)4/h9,11,15H,6-8H2,1-5H3. The molecule has 0 aromatic carbocycles. The molecular formula is C14H24N6. The van der Waals surface area contributed by atoms with E-state index in [1.807, 2.05) is 29.5 Å². The Hall–Kier alpha value is -1.69. The van der Waals surface area contributed by atoms with Gasteiger partial charge in [0.15, 0.2) is 0 Å². The van der Waals surface area contributed by atoms with E-state index in [4.69, 9.17) is 0 Å². The molecule has 2 aromatic heterocycles. The summed E-state index contributed by atoms with van der Waals surface area (Å²) in [4.78, 5) is 0. The van der Waals surface area contributed by atoms with E-state index >= 15 is 0 Å². The van der Waals surface area contributed by atoms with E-state index in [9.17, 15) is 0 Å². The predicted octanol–water partition coefficient (Wildman–Crippen LogP) is 1.93. The molecule has 0 aliphatic heterocycles. The Kier molecular flexibility index (Phi) is 4.54. The zero-order valence-corrected chi connectivity index (χ0v) is 13.0. The van der Waals surface area contributed by atoms with Crippen molar-refractivity contribution in [2.45, 2.75) is 46.6 Å². The summed E-state index contributed by atoms with van der Waals surface area (Å²) in [5.74, 6) is 0. The van der Waals surface area contributed by atoms with Gasteiger partial charge < -0.3 is 5.32 Å². The lowest BCUT2D eigenvalue weighted by Gasteiger charge is -2.14. The number of aryl methyl sites for hydroxylation is 2. The van der Waals surface area contributed by atoms with E-state index < -0.39 is 0 Å². The molecule has 0 radical (unpaired) electrons. The Labute approximate surface area is 120 Å². The van der Waals surface area contributed by atoms with Gasteiger partial charge in [0.25, 0.3) is 0 Å². The Bertz CT molecular complexity index is 568. The van der Waals surface area contributed by atoms with Crippen molar-refractivity contribution in [2.24, 2.45) is 7.05 Å². The molecule has 0 aliphatic carbocycles. The van der Waals surface area contributed by atoms with Crippen molar-refractivity contribution in [1.29, 1.82) is 0 Å². The first-order valence-electron chi connectivity index (χ1n) is 7.30. The first-order valence-corrected chi connectivity index (χ1v) is 7.30. The van der Waals surface area contributed by atoms with Crippen LogP contribution in [0.1, 0.15) is 50.3 Å². The number of nitrogens with zero attached hydrogens (tertiary/aromatic N) is 5. The molecule has 2 aromatic rings. The fourth-order valence-electron chi connectivity index (χ4n) is 2.58. The average Bonchev–Trinajstić information content (AvgIpc) is 2.98. The van der Waals surface area contributed by atoms with Crippen LogP contribution in [0.5, 0.6) is 0 Å². The van der Waals surface area contributed by atoms with E-state index in [0.29, 0.717) is 0 Å². The summed E-state index contributed by atoms with van der Waals surface area (Å²) in [6, 6.07) is 0.265. The molecule has 1 N–H and O–H groups in total. The molecule has 2 rings (SSSR count). The van der Waals surface area contributed by atoms with Crippen molar-refractivity contribution in [2.75, 3.05) is 6.54 Å². The molecule has 0 aliphatic rings. The fourth-order valence-corrected chi connectivity index (χ4v) is 2.58. The molecule has 6 heteroatoms. The molecule has 1 unspecified atom stereocenters. The topological polar surface area (TPSA) is 60.6 Å². The maximum absolute atomic E-state index is 4.42. The van der Waals surface area contributed by atoms with Crippen molar-refractivity contribution >= 4 is 0 Å². The van der Waals surface area contributed by atoms with Gasteiger partial charge in [-0.05, 0) is 26.3 Å². The van der Waals surface area contributed by atoms with Crippen LogP contribution < -0.4 is 5.32 Å². The van der Waals surface area contributed by atoms with E-state index in [-0.39, 0.29) is 6.04 Å². The first kappa shape index (κ1) is 14.7. The van der Waals surface area contributed by atoms with Crippen molar-refractivity contribution in [3.8, 4) is 5.69 Å². The van der Waals surface area contributed by atoms with Crippen LogP contribution in [-0.4, -0.2) is 31.3 Å². The van der Waals surface area contributed by atoms with E-state index in [1.54, 1.807) is 0 Å². The monoisotopic (exact) mass is 276 g/mol. The zero-order valence-electron chi connectivity index (χ0n) is 13.0. The summed E-state index contributed by atoms with van der Waals surface area (Å²) in [5, 5.41) is 16.6. The second kappa shape index (κ2) is 6.17. The maximum atomic E-state index is 4.42. The van der Waals surface area contributed by atoms with Crippen LogP contribution in [0.4, 0.5) is 0 Å². The van der Waals surface area contributed by atoms with Gasteiger partial charge in [-0.1, -0.05) is 26.0 Å². The Balaban J connectivity index is 2.46. The summed E-state index contributed by atoms with van der Waals surface area (Å²) in [6.45, 7) is 9.35. The SMILES string of the molecule is CCNC(CC)c1nnn(-c2cn(C)nc2C)c1CC. The van der Waals surface area contributed by atoms with Gasteiger partial charge in [-0.2, -0.15) is 5.10 Å². The summed E-state index contributed by atoms with van der Waals surface area (Å²) >= 11 is 0. The number of nitrogens with one attached hydrogen (secondary N) is 1. The summed E-state index contributed by atoms with van der Waals surface area (Å²) in [6.07, 6.45) is 3.89. The average molecular weight is 276 g/mol. The summed E-state index contributed by atoms with van der Waals surface area (Å²) in [7, 11) is 1.92. The third-order valence-electron chi connectivity index (χ3n) is 3.53. The van der Waals surface area contributed by atoms with Crippen molar-refractivity contribution in [3.63, 3.8) is 0 Å². The molecule has 2 heterocycles. The molecule has 0 amide bonds.